The van der Waals surface area contributed by atoms with Gasteiger partial charge in [-0.2, -0.15) is 0 Å². The highest BCUT2D eigenvalue weighted by molar-refractivity contribution is 5.47. The van der Waals surface area contributed by atoms with Crippen molar-refractivity contribution in [1.29, 1.82) is 0 Å². The van der Waals surface area contributed by atoms with Gasteiger partial charge in [0.15, 0.2) is 0 Å². The van der Waals surface area contributed by atoms with Crippen molar-refractivity contribution >= 4 is 11.5 Å². The molecule has 2 heterocycles. The highest BCUT2D eigenvalue weighted by Gasteiger charge is 2.11. The molecule has 1 aliphatic heterocycles. The summed E-state index contributed by atoms with van der Waals surface area (Å²) in [5, 5.41) is 0. The van der Waals surface area contributed by atoms with Crippen LogP contribution in [0, 0.1) is 0 Å². The summed E-state index contributed by atoms with van der Waals surface area (Å²) in [4.78, 5) is 8.84. The van der Waals surface area contributed by atoms with E-state index in [1.807, 2.05) is 18.3 Å². The molecule has 0 bridgehead atoms. The minimum absolute atomic E-state index is 0.580. The molecule has 1 aromatic heterocycles. The molecule has 1 aliphatic rings. The molecular weight excluding hydrogens is 200 g/mol. The molecule has 0 saturated carbocycles. The van der Waals surface area contributed by atoms with Gasteiger partial charge in [-0.05, 0) is 38.1 Å². The summed E-state index contributed by atoms with van der Waals surface area (Å²) in [6, 6.07) is 3.87. The predicted molar refractivity (Wildman–Crippen MR) is 67.6 cm³/mol. The van der Waals surface area contributed by atoms with E-state index < -0.39 is 0 Å². The first kappa shape index (κ1) is 11.2. The molecule has 1 saturated heterocycles. The third-order valence-corrected chi connectivity index (χ3v) is 3.16. The zero-order chi connectivity index (χ0) is 11.4. The van der Waals surface area contributed by atoms with Crippen LogP contribution in [0.2, 0.25) is 0 Å². The number of aromatic nitrogens is 1. The number of rotatable bonds is 4. The summed E-state index contributed by atoms with van der Waals surface area (Å²) < 4.78 is 0. The lowest BCUT2D eigenvalue weighted by molar-refractivity contribution is 0.346. The fourth-order valence-corrected chi connectivity index (χ4v) is 2.05. The average Bonchev–Trinajstić information content (AvgIpc) is 2.80. The highest BCUT2D eigenvalue weighted by Crippen LogP contribution is 2.13. The third-order valence-electron chi connectivity index (χ3n) is 3.16. The van der Waals surface area contributed by atoms with Crippen molar-refractivity contribution in [2.75, 3.05) is 43.9 Å². The fraction of sp³-hybridized carbons (Fsp3) is 0.583. The van der Waals surface area contributed by atoms with Crippen molar-refractivity contribution < 1.29 is 0 Å². The van der Waals surface area contributed by atoms with Crippen molar-refractivity contribution in [3.63, 3.8) is 0 Å². The molecule has 88 valence electrons. The lowest BCUT2D eigenvalue weighted by Gasteiger charge is -2.22. The van der Waals surface area contributed by atoms with Crippen LogP contribution in [0.15, 0.2) is 18.3 Å². The number of pyridine rings is 1. The van der Waals surface area contributed by atoms with Gasteiger partial charge in [0.25, 0.3) is 0 Å². The number of likely N-dealkylation sites (tertiary alicyclic amines) is 1. The second kappa shape index (κ2) is 5.16. The summed E-state index contributed by atoms with van der Waals surface area (Å²) in [6.07, 6.45) is 4.54. The molecule has 1 aromatic rings. The van der Waals surface area contributed by atoms with Crippen LogP contribution in [0.3, 0.4) is 0 Å². The van der Waals surface area contributed by atoms with Gasteiger partial charge in [0.05, 0.1) is 11.9 Å². The first-order valence-electron chi connectivity index (χ1n) is 5.91. The molecule has 0 radical (unpaired) electrons. The minimum atomic E-state index is 0.580. The summed E-state index contributed by atoms with van der Waals surface area (Å²) >= 11 is 0. The Morgan fingerprint density at radius 2 is 2.12 bits per heavy atom. The Hall–Kier alpha value is -1.29. The molecule has 16 heavy (non-hydrogen) atoms. The predicted octanol–water partition coefficient (Wildman–Crippen LogP) is 1.20. The minimum Gasteiger partial charge on any atom is -0.384 e. The smallest absolute Gasteiger partial charge is 0.123 e. The van der Waals surface area contributed by atoms with Crippen LogP contribution < -0.4 is 10.6 Å². The van der Waals surface area contributed by atoms with E-state index in [0.717, 1.165) is 18.8 Å². The van der Waals surface area contributed by atoms with Crippen LogP contribution in [0.4, 0.5) is 11.5 Å². The molecule has 0 aromatic carbocycles. The number of nitrogens with two attached hydrogens (primary N) is 1. The Labute approximate surface area is 97.1 Å². The molecule has 0 aliphatic carbocycles. The van der Waals surface area contributed by atoms with E-state index in [4.69, 9.17) is 5.73 Å². The van der Waals surface area contributed by atoms with Gasteiger partial charge in [0.2, 0.25) is 0 Å². The van der Waals surface area contributed by atoms with E-state index in [0.29, 0.717) is 5.82 Å². The molecule has 2 rings (SSSR count). The maximum absolute atomic E-state index is 5.56. The number of hydrogen-bond donors (Lipinski definition) is 1. The molecular formula is C12H20N4. The van der Waals surface area contributed by atoms with Crippen LogP contribution in [0.1, 0.15) is 12.8 Å². The van der Waals surface area contributed by atoms with Crippen LogP contribution in [-0.4, -0.2) is 43.1 Å². The lowest BCUT2D eigenvalue weighted by Crippen LogP contribution is -2.31. The van der Waals surface area contributed by atoms with E-state index in [1.165, 1.54) is 25.9 Å². The zero-order valence-corrected chi connectivity index (χ0v) is 9.89. The van der Waals surface area contributed by atoms with Crippen molar-refractivity contribution in [3.8, 4) is 0 Å². The van der Waals surface area contributed by atoms with Gasteiger partial charge in [0, 0.05) is 20.1 Å². The van der Waals surface area contributed by atoms with Crippen LogP contribution in [0.5, 0.6) is 0 Å². The SMILES string of the molecule is CN(CCN1CCCC1)c1ccc(N)nc1. The number of likely N-dealkylation sites (N-methyl/N-ethyl adjacent to an activating group) is 1. The normalized spacial score (nSPS) is 16.6. The van der Waals surface area contributed by atoms with Gasteiger partial charge >= 0.3 is 0 Å². The Bertz CT molecular complexity index is 316. The van der Waals surface area contributed by atoms with Gasteiger partial charge < -0.3 is 15.5 Å². The van der Waals surface area contributed by atoms with Gasteiger partial charge in [-0.25, -0.2) is 4.98 Å². The molecule has 0 atom stereocenters. The van der Waals surface area contributed by atoms with Crippen molar-refractivity contribution in [2.24, 2.45) is 0 Å². The van der Waals surface area contributed by atoms with E-state index in [2.05, 4.69) is 21.8 Å². The quantitative estimate of drug-likeness (QED) is 0.828. The highest BCUT2D eigenvalue weighted by atomic mass is 15.2. The van der Waals surface area contributed by atoms with E-state index in [9.17, 15) is 0 Å². The van der Waals surface area contributed by atoms with Crippen LogP contribution in [0.25, 0.3) is 0 Å². The average molecular weight is 220 g/mol. The Morgan fingerprint density at radius 3 is 2.75 bits per heavy atom. The van der Waals surface area contributed by atoms with Crippen molar-refractivity contribution in [2.45, 2.75) is 12.8 Å². The molecule has 4 nitrogen and oxygen atoms in total. The van der Waals surface area contributed by atoms with E-state index in [1.54, 1.807) is 0 Å². The van der Waals surface area contributed by atoms with Gasteiger partial charge in [-0.1, -0.05) is 0 Å². The standard InChI is InChI=1S/C12H20N4/c1-15(8-9-16-6-2-3-7-16)11-4-5-12(13)14-10-11/h4-5,10H,2-3,6-9H2,1H3,(H2,13,14). The third kappa shape index (κ3) is 2.85. The summed E-state index contributed by atoms with van der Waals surface area (Å²) in [5.41, 5.74) is 6.70. The second-order valence-electron chi connectivity index (χ2n) is 4.41. The number of nitrogen functional groups attached to an aromatic ring is 1. The number of anilines is 2. The summed E-state index contributed by atoms with van der Waals surface area (Å²) in [7, 11) is 2.10. The van der Waals surface area contributed by atoms with E-state index >= 15 is 0 Å². The first-order valence-corrected chi connectivity index (χ1v) is 5.91. The Balaban J connectivity index is 1.82. The fourth-order valence-electron chi connectivity index (χ4n) is 2.05. The van der Waals surface area contributed by atoms with Crippen LogP contribution in [-0.2, 0) is 0 Å². The molecule has 4 heteroatoms. The summed E-state index contributed by atoms with van der Waals surface area (Å²) in [6.45, 7) is 4.70. The van der Waals surface area contributed by atoms with Crippen molar-refractivity contribution in [1.82, 2.24) is 9.88 Å². The Morgan fingerprint density at radius 1 is 1.38 bits per heavy atom. The van der Waals surface area contributed by atoms with Crippen molar-refractivity contribution in [3.05, 3.63) is 18.3 Å². The lowest BCUT2D eigenvalue weighted by atomic mass is 10.3. The van der Waals surface area contributed by atoms with Crippen LogP contribution >= 0.6 is 0 Å². The molecule has 0 amide bonds. The molecule has 0 unspecified atom stereocenters. The molecule has 0 spiro atoms. The molecule has 2 N–H and O–H groups in total. The monoisotopic (exact) mass is 220 g/mol. The number of hydrogen-bond acceptors (Lipinski definition) is 4. The summed E-state index contributed by atoms with van der Waals surface area (Å²) in [5.74, 6) is 0.580. The second-order valence-corrected chi connectivity index (χ2v) is 4.41. The maximum Gasteiger partial charge on any atom is 0.123 e. The van der Waals surface area contributed by atoms with Gasteiger partial charge in [-0.3, -0.25) is 0 Å². The zero-order valence-electron chi connectivity index (χ0n) is 9.89. The molecule has 1 fully saturated rings. The van der Waals surface area contributed by atoms with Gasteiger partial charge in [-0.15, -0.1) is 0 Å². The van der Waals surface area contributed by atoms with E-state index in [-0.39, 0.29) is 0 Å². The van der Waals surface area contributed by atoms with Gasteiger partial charge in [0.1, 0.15) is 5.82 Å². The largest absolute Gasteiger partial charge is 0.384 e. The Kier molecular flexibility index (Phi) is 3.62. The first-order chi connectivity index (χ1) is 7.75. The maximum atomic E-state index is 5.56. The topological polar surface area (TPSA) is 45.4 Å². The number of nitrogens with zero attached hydrogens (tertiary/aromatic N) is 3.